The van der Waals surface area contributed by atoms with Gasteiger partial charge in [0, 0.05) is 18.5 Å². The van der Waals surface area contributed by atoms with E-state index >= 15 is 4.39 Å². The fourth-order valence-electron chi connectivity index (χ4n) is 3.50. The van der Waals surface area contributed by atoms with Crippen LogP contribution in [0.4, 0.5) is 15.9 Å². The van der Waals surface area contributed by atoms with Gasteiger partial charge in [-0.3, -0.25) is 9.52 Å². The van der Waals surface area contributed by atoms with E-state index in [-0.39, 0.29) is 38.8 Å². The fraction of sp³-hybridized carbons (Fsp3) is 0.182. The number of hydrogen-bond acceptors (Lipinski definition) is 8. The Morgan fingerprint density at radius 3 is 2.72 bits per heavy atom. The normalized spacial score (nSPS) is 11.6. The number of benzene rings is 2. The predicted molar refractivity (Wildman–Crippen MR) is 134 cm³/mol. The number of aryl methyl sites for hydroxylation is 1. The van der Waals surface area contributed by atoms with Crippen LogP contribution < -0.4 is 10.5 Å². The summed E-state index contributed by atoms with van der Waals surface area (Å²) in [6.07, 6.45) is 1.88. The van der Waals surface area contributed by atoms with E-state index in [9.17, 15) is 13.2 Å². The first kappa shape index (κ1) is 25.6. The van der Waals surface area contributed by atoms with Crippen LogP contribution in [-0.2, 0) is 26.1 Å². The highest BCUT2D eigenvalue weighted by Crippen LogP contribution is 2.34. The SMILES string of the molecule is COC(=O)CCCn1nc(-c2ccc(NS(=O)(=O)c3cccc(Cl)c3Cl)c(F)c2)c2c(N)ncnc21. The minimum absolute atomic E-state index is 0.0456. The standard InChI is InChI=1S/C22H19Cl2FN6O4S/c1-35-17(32)6-3-9-31-22-18(21(26)27-11-28-22)20(29-31)12-7-8-15(14(25)10-12)30-36(33,34)16-5-2-4-13(23)19(16)24/h2,4-5,7-8,10-11,30H,3,6,9H2,1H3,(H2,26,27,28). The molecule has 2 aromatic heterocycles. The number of fused-ring (bicyclic) bond motifs is 1. The minimum atomic E-state index is -4.23. The number of carbonyl (C=O) groups is 1. The van der Waals surface area contributed by atoms with E-state index in [1.807, 2.05) is 0 Å². The average molecular weight is 553 g/mol. The number of anilines is 2. The van der Waals surface area contributed by atoms with Crippen molar-refractivity contribution in [2.45, 2.75) is 24.3 Å². The Labute approximate surface area is 215 Å². The summed E-state index contributed by atoms with van der Waals surface area (Å²) in [5.41, 5.74) is 6.77. The van der Waals surface area contributed by atoms with Gasteiger partial charge in [0.15, 0.2) is 5.65 Å². The zero-order valence-corrected chi connectivity index (χ0v) is 21.0. The van der Waals surface area contributed by atoms with Gasteiger partial charge in [-0.25, -0.2) is 27.5 Å². The Morgan fingerprint density at radius 1 is 1.22 bits per heavy atom. The molecule has 0 fully saturated rings. The lowest BCUT2D eigenvalue weighted by Crippen LogP contribution is -2.14. The minimum Gasteiger partial charge on any atom is -0.469 e. The molecule has 0 aliphatic heterocycles. The van der Waals surface area contributed by atoms with E-state index in [0.29, 0.717) is 35.3 Å². The van der Waals surface area contributed by atoms with Crippen molar-refractivity contribution in [3.8, 4) is 11.3 Å². The Balaban J connectivity index is 1.68. The summed E-state index contributed by atoms with van der Waals surface area (Å²) >= 11 is 11.9. The monoisotopic (exact) mass is 552 g/mol. The van der Waals surface area contributed by atoms with Crippen molar-refractivity contribution < 1.29 is 22.3 Å². The molecule has 188 valence electrons. The maximum absolute atomic E-state index is 15.1. The largest absolute Gasteiger partial charge is 0.469 e. The van der Waals surface area contributed by atoms with Gasteiger partial charge in [-0.2, -0.15) is 5.10 Å². The number of methoxy groups -OCH3 is 1. The number of carbonyl (C=O) groups excluding carboxylic acids is 1. The molecule has 4 aromatic rings. The maximum atomic E-state index is 15.1. The van der Waals surface area contributed by atoms with Gasteiger partial charge in [-0.15, -0.1) is 0 Å². The van der Waals surface area contributed by atoms with Crippen molar-refractivity contribution >= 4 is 61.7 Å². The van der Waals surface area contributed by atoms with Crippen LogP contribution in [0.15, 0.2) is 47.6 Å². The molecule has 0 atom stereocenters. The third kappa shape index (κ3) is 5.06. The number of nitrogen functional groups attached to an aromatic ring is 1. The zero-order valence-electron chi connectivity index (χ0n) is 18.7. The summed E-state index contributed by atoms with van der Waals surface area (Å²) in [7, 11) is -2.92. The number of sulfonamides is 1. The molecule has 14 heteroatoms. The number of aromatic nitrogens is 4. The highest BCUT2D eigenvalue weighted by molar-refractivity contribution is 7.92. The highest BCUT2D eigenvalue weighted by Gasteiger charge is 2.23. The lowest BCUT2D eigenvalue weighted by Gasteiger charge is -2.11. The number of hydrogen-bond donors (Lipinski definition) is 2. The van der Waals surface area contributed by atoms with Gasteiger partial charge < -0.3 is 10.5 Å². The van der Waals surface area contributed by atoms with Crippen LogP contribution in [0.1, 0.15) is 12.8 Å². The first-order valence-corrected chi connectivity index (χ1v) is 12.7. The molecule has 0 saturated carbocycles. The van der Waals surface area contributed by atoms with E-state index < -0.39 is 15.8 Å². The van der Waals surface area contributed by atoms with Crippen LogP contribution in [0.2, 0.25) is 10.0 Å². The van der Waals surface area contributed by atoms with Crippen molar-refractivity contribution in [3.05, 3.63) is 58.6 Å². The molecule has 10 nitrogen and oxygen atoms in total. The lowest BCUT2D eigenvalue weighted by molar-refractivity contribution is -0.140. The number of nitrogens with zero attached hydrogens (tertiary/aromatic N) is 4. The van der Waals surface area contributed by atoms with Crippen LogP contribution >= 0.6 is 23.2 Å². The number of nitrogens with two attached hydrogens (primary N) is 1. The maximum Gasteiger partial charge on any atom is 0.305 e. The van der Waals surface area contributed by atoms with E-state index in [2.05, 4.69) is 24.5 Å². The van der Waals surface area contributed by atoms with Crippen molar-refractivity contribution in [3.63, 3.8) is 0 Å². The number of rotatable bonds is 8. The summed E-state index contributed by atoms with van der Waals surface area (Å²) in [5, 5.41) is 4.77. The molecule has 0 spiro atoms. The topological polar surface area (TPSA) is 142 Å². The van der Waals surface area contributed by atoms with E-state index in [0.717, 1.165) is 6.07 Å². The zero-order chi connectivity index (χ0) is 26.0. The Hall–Kier alpha value is -3.48. The average Bonchev–Trinajstić information content (AvgIpc) is 3.21. The number of halogens is 3. The van der Waals surface area contributed by atoms with Crippen LogP contribution in [-0.4, -0.2) is 41.2 Å². The Kier molecular flexibility index (Phi) is 7.29. The second kappa shape index (κ2) is 10.2. The van der Waals surface area contributed by atoms with Gasteiger partial charge in [0.2, 0.25) is 0 Å². The Morgan fingerprint density at radius 2 is 2.00 bits per heavy atom. The smallest absolute Gasteiger partial charge is 0.305 e. The van der Waals surface area contributed by atoms with E-state index in [1.54, 1.807) is 4.68 Å². The van der Waals surface area contributed by atoms with Gasteiger partial charge >= 0.3 is 5.97 Å². The molecule has 0 aliphatic rings. The molecule has 0 amide bonds. The second-order valence-corrected chi connectivity index (χ2v) is 10.00. The lowest BCUT2D eigenvalue weighted by atomic mass is 10.1. The second-order valence-electron chi connectivity index (χ2n) is 7.56. The molecule has 0 unspecified atom stereocenters. The molecule has 4 rings (SSSR count). The van der Waals surface area contributed by atoms with Crippen LogP contribution in [0.5, 0.6) is 0 Å². The third-order valence-electron chi connectivity index (χ3n) is 5.23. The molecule has 2 aromatic carbocycles. The van der Waals surface area contributed by atoms with Crippen LogP contribution in [0.3, 0.4) is 0 Å². The quantitative estimate of drug-likeness (QED) is 0.308. The van der Waals surface area contributed by atoms with Gasteiger partial charge in [0.1, 0.15) is 28.6 Å². The summed E-state index contributed by atoms with van der Waals surface area (Å²) in [6.45, 7) is 0.322. The highest BCUT2D eigenvalue weighted by atomic mass is 35.5. The molecular formula is C22H19Cl2FN6O4S. The molecule has 2 heterocycles. The first-order valence-electron chi connectivity index (χ1n) is 10.4. The van der Waals surface area contributed by atoms with E-state index in [1.165, 1.54) is 43.8 Å². The van der Waals surface area contributed by atoms with Crippen LogP contribution in [0.25, 0.3) is 22.3 Å². The van der Waals surface area contributed by atoms with Gasteiger partial charge in [-0.05, 0) is 30.7 Å². The molecule has 3 N–H and O–H groups in total. The van der Waals surface area contributed by atoms with Crippen molar-refractivity contribution in [2.24, 2.45) is 0 Å². The number of esters is 1. The molecular weight excluding hydrogens is 534 g/mol. The summed E-state index contributed by atoms with van der Waals surface area (Å²) in [4.78, 5) is 19.4. The van der Waals surface area contributed by atoms with Crippen LogP contribution in [0, 0.1) is 5.82 Å². The summed E-state index contributed by atoms with van der Waals surface area (Å²) in [6, 6.07) is 7.96. The van der Waals surface area contributed by atoms with Crippen molar-refractivity contribution in [1.29, 1.82) is 0 Å². The predicted octanol–water partition coefficient (Wildman–Crippen LogP) is 4.28. The molecule has 0 aliphatic carbocycles. The number of nitrogens with one attached hydrogen (secondary N) is 1. The van der Waals surface area contributed by atoms with Gasteiger partial charge in [0.25, 0.3) is 10.0 Å². The third-order valence-corrected chi connectivity index (χ3v) is 7.57. The summed E-state index contributed by atoms with van der Waals surface area (Å²) < 4.78 is 49.0. The first-order chi connectivity index (χ1) is 17.1. The molecule has 0 radical (unpaired) electrons. The molecule has 0 bridgehead atoms. The summed E-state index contributed by atoms with van der Waals surface area (Å²) in [5.74, 6) is -1.09. The Bertz CT molecular complexity index is 1580. The van der Waals surface area contributed by atoms with Gasteiger partial charge in [-0.1, -0.05) is 35.3 Å². The molecule has 36 heavy (non-hydrogen) atoms. The van der Waals surface area contributed by atoms with Gasteiger partial charge in [0.05, 0.1) is 28.2 Å². The fourth-order valence-corrected chi connectivity index (χ4v) is 5.33. The van der Waals surface area contributed by atoms with Crippen molar-refractivity contribution in [2.75, 3.05) is 17.6 Å². The number of ether oxygens (including phenoxy) is 1. The van der Waals surface area contributed by atoms with E-state index in [4.69, 9.17) is 28.9 Å². The molecule has 0 saturated heterocycles. The van der Waals surface area contributed by atoms with Crippen molar-refractivity contribution in [1.82, 2.24) is 19.7 Å².